The third-order valence-corrected chi connectivity index (χ3v) is 15.1. The van der Waals surface area contributed by atoms with Crippen LogP contribution in [0.2, 0.25) is 0 Å². The fraction of sp³-hybridized carbons (Fsp3) is 0.938. The Hall–Kier alpha value is -1.40. The minimum absolute atomic E-state index is 0.0157. The summed E-state index contributed by atoms with van der Waals surface area (Å²) in [5, 5.41) is 23.2. The lowest BCUT2D eigenvalue weighted by Crippen LogP contribution is -2.45. The van der Waals surface area contributed by atoms with Crippen molar-refractivity contribution < 1.29 is 24.5 Å². The maximum Gasteiger partial charge on any atom is 0.305 e. The number of unbranched alkanes of at least 4 members (excludes halogenated alkanes) is 47. The Bertz CT molecular complexity index is 1050. The number of esters is 1. The standard InChI is InChI=1S/C64H125NO5/c1-3-5-7-9-11-13-15-16-17-18-25-29-32-35-38-42-46-50-54-58-64(69)70-59-55-51-47-43-39-36-33-30-27-24-22-20-19-21-23-26-28-31-34-37-41-45-49-53-57-63(68)65-61(60-66)62(67)56-52-48-44-40-14-12-10-8-6-4-2/h16-17,61-62,66-67H,3-15,18-60H2,1-2H3,(H,65,68)/b17-16-. The number of rotatable bonds is 60. The van der Waals surface area contributed by atoms with Gasteiger partial charge in [0.1, 0.15) is 0 Å². The first-order valence-corrected chi connectivity index (χ1v) is 31.9. The maximum atomic E-state index is 12.4. The molecule has 0 fully saturated rings. The van der Waals surface area contributed by atoms with Crippen molar-refractivity contribution in [3.63, 3.8) is 0 Å². The average Bonchev–Trinajstić information content (AvgIpc) is 3.36. The van der Waals surface area contributed by atoms with Crippen molar-refractivity contribution in [2.75, 3.05) is 13.2 Å². The van der Waals surface area contributed by atoms with Crippen LogP contribution < -0.4 is 5.32 Å². The molecule has 2 atom stereocenters. The van der Waals surface area contributed by atoms with Gasteiger partial charge in [0.15, 0.2) is 0 Å². The summed E-state index contributed by atoms with van der Waals surface area (Å²) in [4.78, 5) is 24.5. The molecule has 416 valence electrons. The van der Waals surface area contributed by atoms with E-state index in [-0.39, 0.29) is 18.5 Å². The van der Waals surface area contributed by atoms with Crippen molar-refractivity contribution in [2.45, 2.75) is 373 Å². The summed E-state index contributed by atoms with van der Waals surface area (Å²) in [6.07, 6.45) is 72.4. The second-order valence-electron chi connectivity index (χ2n) is 22.1. The number of carbonyl (C=O) groups excluding carboxylic acids is 2. The Morgan fingerprint density at radius 2 is 0.671 bits per heavy atom. The first-order chi connectivity index (χ1) is 34.5. The molecule has 0 rings (SSSR count). The second kappa shape index (κ2) is 60.2. The highest BCUT2D eigenvalue weighted by Gasteiger charge is 2.20. The van der Waals surface area contributed by atoms with Gasteiger partial charge in [-0.25, -0.2) is 0 Å². The second-order valence-corrected chi connectivity index (χ2v) is 22.1. The van der Waals surface area contributed by atoms with Gasteiger partial charge in [0, 0.05) is 12.8 Å². The van der Waals surface area contributed by atoms with E-state index in [9.17, 15) is 19.8 Å². The summed E-state index contributed by atoms with van der Waals surface area (Å²) < 4.78 is 5.50. The quantitative estimate of drug-likeness (QED) is 0.0321. The van der Waals surface area contributed by atoms with Gasteiger partial charge in [0.25, 0.3) is 0 Å². The van der Waals surface area contributed by atoms with E-state index in [0.717, 1.165) is 38.5 Å². The van der Waals surface area contributed by atoms with Gasteiger partial charge in [-0.3, -0.25) is 9.59 Å². The van der Waals surface area contributed by atoms with Gasteiger partial charge in [-0.1, -0.05) is 309 Å². The van der Waals surface area contributed by atoms with Crippen LogP contribution >= 0.6 is 0 Å². The molecular weight excluding hydrogens is 863 g/mol. The molecular formula is C64H125NO5. The molecule has 6 heteroatoms. The molecule has 0 aromatic carbocycles. The van der Waals surface area contributed by atoms with Gasteiger partial charge >= 0.3 is 5.97 Å². The van der Waals surface area contributed by atoms with E-state index < -0.39 is 12.1 Å². The van der Waals surface area contributed by atoms with E-state index in [1.54, 1.807) is 0 Å². The smallest absolute Gasteiger partial charge is 0.305 e. The number of allylic oxidation sites excluding steroid dienone is 2. The van der Waals surface area contributed by atoms with Crippen LogP contribution in [0.5, 0.6) is 0 Å². The Balaban J connectivity index is 3.32. The van der Waals surface area contributed by atoms with E-state index in [4.69, 9.17) is 4.74 Å². The van der Waals surface area contributed by atoms with Crippen molar-refractivity contribution in [1.82, 2.24) is 5.32 Å². The SMILES string of the molecule is CCCCCCCC/C=C\CCCCCCCCCCCC(=O)OCCCCCCCCCCCCCCCCCCCCCCCCCCC(=O)NC(CO)C(O)CCCCCCCCCCCC. The number of aliphatic hydroxyl groups excluding tert-OH is 2. The van der Waals surface area contributed by atoms with Crippen molar-refractivity contribution in [3.8, 4) is 0 Å². The summed E-state index contributed by atoms with van der Waals surface area (Å²) >= 11 is 0. The van der Waals surface area contributed by atoms with Gasteiger partial charge in [0.05, 0.1) is 25.4 Å². The minimum Gasteiger partial charge on any atom is -0.466 e. The molecule has 0 saturated heterocycles. The van der Waals surface area contributed by atoms with E-state index in [0.29, 0.717) is 25.9 Å². The van der Waals surface area contributed by atoms with Crippen LogP contribution in [0.15, 0.2) is 12.2 Å². The topological polar surface area (TPSA) is 95.9 Å². The van der Waals surface area contributed by atoms with Crippen LogP contribution in [-0.4, -0.2) is 47.4 Å². The third-order valence-electron chi connectivity index (χ3n) is 15.1. The Morgan fingerprint density at radius 1 is 0.386 bits per heavy atom. The molecule has 70 heavy (non-hydrogen) atoms. The summed E-state index contributed by atoms with van der Waals surface area (Å²) in [6.45, 7) is 4.96. The van der Waals surface area contributed by atoms with Crippen LogP contribution in [0.25, 0.3) is 0 Å². The van der Waals surface area contributed by atoms with E-state index in [1.807, 2.05) is 0 Å². The summed E-state index contributed by atoms with van der Waals surface area (Å²) in [7, 11) is 0. The van der Waals surface area contributed by atoms with Crippen molar-refractivity contribution in [1.29, 1.82) is 0 Å². The molecule has 0 aliphatic rings. The van der Waals surface area contributed by atoms with Gasteiger partial charge in [-0.2, -0.15) is 0 Å². The van der Waals surface area contributed by atoms with Crippen LogP contribution in [0.1, 0.15) is 361 Å². The molecule has 0 aromatic heterocycles. The lowest BCUT2D eigenvalue weighted by Gasteiger charge is -2.22. The number of nitrogens with one attached hydrogen (secondary N) is 1. The van der Waals surface area contributed by atoms with Crippen LogP contribution in [0, 0.1) is 0 Å². The first kappa shape index (κ1) is 68.6. The molecule has 0 radical (unpaired) electrons. The fourth-order valence-corrected chi connectivity index (χ4v) is 10.2. The molecule has 0 bridgehead atoms. The first-order valence-electron chi connectivity index (χ1n) is 31.9. The van der Waals surface area contributed by atoms with Crippen LogP contribution in [0.4, 0.5) is 0 Å². The molecule has 6 nitrogen and oxygen atoms in total. The highest BCUT2D eigenvalue weighted by molar-refractivity contribution is 5.76. The van der Waals surface area contributed by atoms with Gasteiger partial charge in [-0.05, 0) is 51.4 Å². The molecule has 2 unspecified atom stereocenters. The zero-order valence-corrected chi connectivity index (χ0v) is 47.5. The van der Waals surface area contributed by atoms with Crippen molar-refractivity contribution in [3.05, 3.63) is 12.2 Å². The predicted octanol–water partition coefficient (Wildman–Crippen LogP) is 20.0. The normalized spacial score (nSPS) is 12.6. The lowest BCUT2D eigenvalue weighted by molar-refractivity contribution is -0.143. The van der Waals surface area contributed by atoms with Crippen LogP contribution in [-0.2, 0) is 14.3 Å². The predicted molar refractivity (Wildman–Crippen MR) is 306 cm³/mol. The average molecular weight is 989 g/mol. The van der Waals surface area contributed by atoms with Gasteiger partial charge in [0.2, 0.25) is 5.91 Å². The largest absolute Gasteiger partial charge is 0.466 e. The number of hydrogen-bond acceptors (Lipinski definition) is 5. The molecule has 0 saturated carbocycles. The number of carbonyl (C=O) groups is 2. The molecule has 0 aromatic rings. The fourth-order valence-electron chi connectivity index (χ4n) is 10.2. The minimum atomic E-state index is -0.661. The van der Waals surface area contributed by atoms with E-state index in [1.165, 1.54) is 289 Å². The number of aliphatic hydroxyl groups is 2. The van der Waals surface area contributed by atoms with Crippen molar-refractivity contribution in [2.24, 2.45) is 0 Å². The maximum absolute atomic E-state index is 12.4. The van der Waals surface area contributed by atoms with Crippen LogP contribution in [0.3, 0.4) is 0 Å². The highest BCUT2D eigenvalue weighted by Crippen LogP contribution is 2.18. The van der Waals surface area contributed by atoms with Gasteiger partial charge < -0.3 is 20.3 Å². The molecule has 0 spiro atoms. The highest BCUT2D eigenvalue weighted by atomic mass is 16.5. The molecule has 3 N–H and O–H groups in total. The monoisotopic (exact) mass is 988 g/mol. The summed E-state index contributed by atoms with van der Waals surface area (Å²) in [5.41, 5.74) is 0. The molecule has 0 heterocycles. The summed E-state index contributed by atoms with van der Waals surface area (Å²) in [5.74, 6) is -0.0181. The molecule has 1 amide bonds. The van der Waals surface area contributed by atoms with Crippen molar-refractivity contribution >= 4 is 11.9 Å². The summed E-state index contributed by atoms with van der Waals surface area (Å²) in [6, 6.07) is -0.538. The Labute approximate surface area is 438 Å². The lowest BCUT2D eigenvalue weighted by atomic mass is 10.0. The zero-order valence-electron chi connectivity index (χ0n) is 47.5. The number of hydrogen-bond donors (Lipinski definition) is 3. The third kappa shape index (κ3) is 55.9. The molecule has 0 aliphatic heterocycles. The Kier molecular flexibility index (Phi) is 59.0. The van der Waals surface area contributed by atoms with Gasteiger partial charge in [-0.15, -0.1) is 0 Å². The molecule has 0 aliphatic carbocycles. The number of amides is 1. The zero-order chi connectivity index (χ0) is 50.7. The van der Waals surface area contributed by atoms with E-state index in [2.05, 4.69) is 31.3 Å². The number of ether oxygens (including phenoxy) is 1. The Morgan fingerprint density at radius 3 is 1.01 bits per heavy atom. The van der Waals surface area contributed by atoms with E-state index >= 15 is 0 Å².